The minimum Gasteiger partial charge on any atom is -0.355 e. The van der Waals surface area contributed by atoms with E-state index in [0.29, 0.717) is 23.2 Å². The van der Waals surface area contributed by atoms with Crippen molar-refractivity contribution in [3.63, 3.8) is 0 Å². The van der Waals surface area contributed by atoms with Crippen molar-refractivity contribution in [2.24, 2.45) is 0 Å². The van der Waals surface area contributed by atoms with E-state index in [9.17, 15) is 4.79 Å². The third-order valence-corrected chi connectivity index (χ3v) is 4.41. The lowest BCUT2D eigenvalue weighted by atomic mass is 10.1. The molecule has 8 nitrogen and oxygen atoms in total. The summed E-state index contributed by atoms with van der Waals surface area (Å²) in [6.45, 7) is 4.66. The summed E-state index contributed by atoms with van der Waals surface area (Å²) in [5, 5.41) is 13.1. The second-order valence-corrected chi connectivity index (χ2v) is 6.85. The van der Waals surface area contributed by atoms with Crippen molar-refractivity contribution in [2.75, 3.05) is 22.5 Å². The Labute approximate surface area is 179 Å². The third kappa shape index (κ3) is 5.05. The average Bonchev–Trinajstić information content (AvgIpc) is 3.26. The van der Waals surface area contributed by atoms with Crippen LogP contribution in [0.4, 0.5) is 23.1 Å². The van der Waals surface area contributed by atoms with Crippen LogP contribution in [0, 0.1) is 6.92 Å². The first-order valence-corrected chi connectivity index (χ1v) is 9.91. The zero-order valence-electron chi connectivity index (χ0n) is 17.2. The van der Waals surface area contributed by atoms with E-state index >= 15 is 0 Å². The van der Waals surface area contributed by atoms with Gasteiger partial charge in [-0.05, 0) is 38.1 Å². The summed E-state index contributed by atoms with van der Waals surface area (Å²) in [5.74, 6) is 1.48. The molecule has 2 heterocycles. The van der Waals surface area contributed by atoms with Crippen molar-refractivity contribution >= 4 is 29.0 Å². The number of nitrogens with zero attached hydrogens (tertiary/aromatic N) is 3. The van der Waals surface area contributed by atoms with E-state index in [1.165, 1.54) is 0 Å². The van der Waals surface area contributed by atoms with Crippen molar-refractivity contribution < 1.29 is 9.32 Å². The maximum absolute atomic E-state index is 12.5. The highest BCUT2D eigenvalue weighted by Crippen LogP contribution is 2.22. The second-order valence-electron chi connectivity index (χ2n) is 6.85. The number of carbonyl (C=O) groups is 1. The number of nitrogens with one attached hydrogen (secondary N) is 3. The van der Waals surface area contributed by atoms with Crippen LogP contribution in [-0.4, -0.2) is 27.6 Å². The van der Waals surface area contributed by atoms with Crippen LogP contribution in [0.15, 0.2) is 71.3 Å². The highest BCUT2D eigenvalue weighted by molar-refractivity contribution is 6.03. The number of anilines is 4. The minimum atomic E-state index is -0.339. The first-order valence-electron chi connectivity index (χ1n) is 9.91. The van der Waals surface area contributed by atoms with Gasteiger partial charge < -0.3 is 20.5 Å². The average molecular weight is 414 g/mol. The number of rotatable bonds is 7. The Kier molecular flexibility index (Phi) is 5.89. The van der Waals surface area contributed by atoms with Crippen LogP contribution in [0.25, 0.3) is 11.3 Å². The number of benzene rings is 2. The Hall–Kier alpha value is -4.20. The lowest BCUT2D eigenvalue weighted by Crippen LogP contribution is -2.12. The van der Waals surface area contributed by atoms with Gasteiger partial charge in [0.05, 0.1) is 0 Å². The van der Waals surface area contributed by atoms with Crippen molar-refractivity contribution in [3.05, 3.63) is 78.1 Å². The van der Waals surface area contributed by atoms with E-state index in [1.54, 1.807) is 18.2 Å². The molecule has 0 atom stereocenters. The van der Waals surface area contributed by atoms with Crippen LogP contribution in [0.3, 0.4) is 0 Å². The van der Waals surface area contributed by atoms with E-state index in [-0.39, 0.29) is 11.6 Å². The molecule has 0 saturated heterocycles. The number of aromatic nitrogens is 3. The topological polar surface area (TPSA) is 105 Å². The highest BCUT2D eigenvalue weighted by atomic mass is 16.5. The summed E-state index contributed by atoms with van der Waals surface area (Å²) in [7, 11) is 0. The van der Waals surface area contributed by atoms with Crippen LogP contribution in [0.1, 0.15) is 23.1 Å². The van der Waals surface area contributed by atoms with Gasteiger partial charge in [0.25, 0.3) is 5.91 Å². The SMILES string of the molecule is CCNc1nc(C)cc(Nc2ccc(NC(=O)c3cc(-c4ccccc4)on3)cc2)n1. The van der Waals surface area contributed by atoms with Crippen molar-refractivity contribution in [3.8, 4) is 11.3 Å². The smallest absolute Gasteiger partial charge is 0.277 e. The molecule has 0 aliphatic heterocycles. The van der Waals surface area contributed by atoms with E-state index in [4.69, 9.17) is 4.52 Å². The number of hydrogen-bond donors (Lipinski definition) is 3. The molecule has 0 bridgehead atoms. The summed E-state index contributed by atoms with van der Waals surface area (Å²) in [6.07, 6.45) is 0. The molecule has 0 unspecified atom stereocenters. The van der Waals surface area contributed by atoms with Crippen molar-refractivity contribution in [1.82, 2.24) is 15.1 Å². The zero-order valence-corrected chi connectivity index (χ0v) is 17.2. The van der Waals surface area contributed by atoms with Crippen LogP contribution in [0.5, 0.6) is 0 Å². The molecule has 0 spiro atoms. The lowest BCUT2D eigenvalue weighted by Gasteiger charge is -2.10. The van der Waals surface area contributed by atoms with Gasteiger partial charge in [-0.3, -0.25) is 4.79 Å². The van der Waals surface area contributed by atoms with Gasteiger partial charge in [0.2, 0.25) is 5.95 Å². The molecule has 0 fully saturated rings. The summed E-state index contributed by atoms with van der Waals surface area (Å²) in [4.78, 5) is 21.3. The van der Waals surface area contributed by atoms with Crippen LogP contribution < -0.4 is 16.0 Å². The van der Waals surface area contributed by atoms with Crippen molar-refractivity contribution in [2.45, 2.75) is 13.8 Å². The normalized spacial score (nSPS) is 10.5. The van der Waals surface area contributed by atoms with Gasteiger partial charge in [0.15, 0.2) is 11.5 Å². The fraction of sp³-hybridized carbons (Fsp3) is 0.130. The summed E-state index contributed by atoms with van der Waals surface area (Å²) in [5.41, 5.74) is 3.42. The Morgan fingerprint density at radius 2 is 1.71 bits per heavy atom. The Bertz CT molecular complexity index is 1170. The summed E-state index contributed by atoms with van der Waals surface area (Å²) < 4.78 is 5.29. The largest absolute Gasteiger partial charge is 0.355 e. The molecule has 31 heavy (non-hydrogen) atoms. The van der Waals surface area contributed by atoms with Gasteiger partial charge in [-0.15, -0.1) is 0 Å². The molecule has 0 aliphatic carbocycles. The molecule has 0 saturated carbocycles. The molecular weight excluding hydrogens is 392 g/mol. The standard InChI is InChI=1S/C23H22N6O2/c1-3-24-23-25-15(2)13-21(28-23)26-17-9-11-18(12-10-17)27-22(30)19-14-20(31-29-19)16-7-5-4-6-8-16/h4-14H,3H2,1-2H3,(H,27,30)(H2,24,25,26,28). The number of carbonyl (C=O) groups excluding carboxylic acids is 1. The minimum absolute atomic E-state index is 0.216. The molecule has 2 aromatic carbocycles. The quantitative estimate of drug-likeness (QED) is 0.396. The van der Waals surface area contributed by atoms with Crippen molar-refractivity contribution in [1.29, 1.82) is 0 Å². The van der Waals surface area contributed by atoms with Gasteiger partial charge in [-0.25, -0.2) is 4.98 Å². The van der Waals surface area contributed by atoms with Gasteiger partial charge in [-0.1, -0.05) is 35.5 Å². The maximum atomic E-state index is 12.5. The molecule has 4 rings (SSSR count). The number of aryl methyl sites for hydroxylation is 1. The van der Waals surface area contributed by atoms with Gasteiger partial charge in [-0.2, -0.15) is 4.98 Å². The molecule has 2 aromatic heterocycles. The van der Waals surface area contributed by atoms with E-state index < -0.39 is 0 Å². The van der Waals surface area contributed by atoms with E-state index in [2.05, 4.69) is 31.1 Å². The molecule has 3 N–H and O–H groups in total. The Morgan fingerprint density at radius 1 is 0.968 bits per heavy atom. The highest BCUT2D eigenvalue weighted by Gasteiger charge is 2.14. The molecule has 0 radical (unpaired) electrons. The third-order valence-electron chi connectivity index (χ3n) is 4.41. The van der Waals surface area contributed by atoms with E-state index in [0.717, 1.165) is 23.5 Å². The zero-order chi connectivity index (χ0) is 21.6. The summed E-state index contributed by atoms with van der Waals surface area (Å²) in [6, 6.07) is 20.3. The lowest BCUT2D eigenvalue weighted by molar-refractivity contribution is 0.101. The van der Waals surface area contributed by atoms with Crippen LogP contribution in [0.2, 0.25) is 0 Å². The molecule has 0 aliphatic rings. The number of hydrogen-bond acceptors (Lipinski definition) is 7. The van der Waals surface area contributed by atoms with Gasteiger partial charge in [0.1, 0.15) is 5.82 Å². The predicted octanol–water partition coefficient (Wildman–Crippen LogP) is 4.87. The first-order chi connectivity index (χ1) is 15.1. The second kappa shape index (κ2) is 9.08. The van der Waals surface area contributed by atoms with Crippen LogP contribution >= 0.6 is 0 Å². The molecule has 8 heteroatoms. The Balaban J connectivity index is 1.41. The molecule has 4 aromatic rings. The Morgan fingerprint density at radius 3 is 2.45 bits per heavy atom. The van der Waals surface area contributed by atoms with Gasteiger partial charge in [0, 0.05) is 41.3 Å². The van der Waals surface area contributed by atoms with Crippen LogP contribution in [-0.2, 0) is 0 Å². The summed E-state index contributed by atoms with van der Waals surface area (Å²) >= 11 is 0. The molecular formula is C23H22N6O2. The van der Waals surface area contributed by atoms with E-state index in [1.807, 2.05) is 62.4 Å². The fourth-order valence-electron chi connectivity index (χ4n) is 2.97. The fourth-order valence-corrected chi connectivity index (χ4v) is 2.97. The number of amides is 1. The predicted molar refractivity (Wildman–Crippen MR) is 121 cm³/mol. The molecule has 156 valence electrons. The maximum Gasteiger partial charge on any atom is 0.277 e. The monoisotopic (exact) mass is 414 g/mol. The molecule has 1 amide bonds. The van der Waals surface area contributed by atoms with Gasteiger partial charge >= 0.3 is 0 Å². The first kappa shape index (κ1) is 20.1.